The number of nitro groups is 1. The van der Waals surface area contributed by atoms with E-state index in [4.69, 9.17) is 9.47 Å². The van der Waals surface area contributed by atoms with Gasteiger partial charge in [-0.15, -0.1) is 0 Å². The molecule has 0 bridgehead atoms. The van der Waals surface area contributed by atoms with Gasteiger partial charge in [0.05, 0.1) is 16.1 Å². The number of nitro benzene ring substituents is 1. The van der Waals surface area contributed by atoms with Crippen molar-refractivity contribution in [2.75, 3.05) is 10.6 Å². The first kappa shape index (κ1) is 26.6. The number of anilines is 2. The van der Waals surface area contributed by atoms with Gasteiger partial charge >= 0.3 is 0 Å². The van der Waals surface area contributed by atoms with Crippen molar-refractivity contribution in [3.05, 3.63) is 149 Å². The van der Waals surface area contributed by atoms with E-state index in [0.29, 0.717) is 34.4 Å². The third-order valence-electron chi connectivity index (χ3n) is 5.89. The van der Waals surface area contributed by atoms with Crippen LogP contribution in [0.1, 0.15) is 20.7 Å². The summed E-state index contributed by atoms with van der Waals surface area (Å²) in [6.45, 7) is 0. The summed E-state index contributed by atoms with van der Waals surface area (Å²) in [7, 11) is 0. The van der Waals surface area contributed by atoms with E-state index >= 15 is 0 Å². The van der Waals surface area contributed by atoms with Crippen LogP contribution in [0.25, 0.3) is 0 Å². The summed E-state index contributed by atoms with van der Waals surface area (Å²) in [5.41, 5.74) is 0.379. The van der Waals surface area contributed by atoms with E-state index in [-0.39, 0.29) is 16.8 Å². The van der Waals surface area contributed by atoms with E-state index in [1.165, 1.54) is 12.1 Å². The van der Waals surface area contributed by atoms with Crippen LogP contribution in [0.15, 0.2) is 127 Å². The number of nitrogens with one attached hydrogen (secondary N) is 2. The maximum Gasteiger partial charge on any atom is 0.270 e. The Morgan fingerprint density at radius 1 is 0.537 bits per heavy atom. The Labute approximate surface area is 235 Å². The van der Waals surface area contributed by atoms with Crippen LogP contribution in [0.3, 0.4) is 0 Å². The molecule has 0 saturated heterocycles. The fraction of sp³-hybridized carbons (Fsp3) is 0. The summed E-state index contributed by atoms with van der Waals surface area (Å²) < 4.78 is 11.5. The van der Waals surface area contributed by atoms with Crippen molar-refractivity contribution in [1.29, 1.82) is 0 Å². The second-order valence-electron chi connectivity index (χ2n) is 8.77. The van der Waals surface area contributed by atoms with Gasteiger partial charge < -0.3 is 20.1 Å². The highest BCUT2D eigenvalue weighted by Crippen LogP contribution is 2.26. The van der Waals surface area contributed by atoms with Gasteiger partial charge in [0.25, 0.3) is 17.5 Å². The lowest BCUT2D eigenvalue weighted by Crippen LogP contribution is -2.20. The number of carbonyl (C=O) groups is 2. The molecular weight excluding hydrogens is 522 g/mol. The molecule has 9 nitrogen and oxygen atoms in total. The van der Waals surface area contributed by atoms with Crippen LogP contribution in [-0.2, 0) is 0 Å². The Hall–Kier alpha value is -5.96. The average molecular weight is 546 g/mol. The zero-order chi connectivity index (χ0) is 28.6. The maximum atomic E-state index is 13.2. The SMILES string of the molecule is O=C(Nc1ccc(Oc2ccccc2)cc1)c1ccc([N+](=O)[O-])cc1C(=O)Nc1ccc(Oc2ccccc2)cc1. The molecule has 0 fully saturated rings. The number of rotatable bonds is 9. The van der Waals surface area contributed by atoms with Crippen LogP contribution in [-0.4, -0.2) is 16.7 Å². The molecule has 5 aromatic carbocycles. The number of non-ortho nitro benzene ring substituents is 1. The zero-order valence-corrected chi connectivity index (χ0v) is 21.5. The molecule has 0 atom stereocenters. The molecular formula is C32H23N3O6. The van der Waals surface area contributed by atoms with Gasteiger partial charge in [-0.2, -0.15) is 0 Å². The van der Waals surface area contributed by atoms with E-state index in [9.17, 15) is 19.7 Å². The van der Waals surface area contributed by atoms with Crippen molar-refractivity contribution >= 4 is 28.9 Å². The summed E-state index contributed by atoms with van der Waals surface area (Å²) in [6.07, 6.45) is 0. The van der Waals surface area contributed by atoms with E-state index in [1.807, 2.05) is 60.7 Å². The molecule has 0 aliphatic heterocycles. The van der Waals surface area contributed by atoms with Crippen LogP contribution >= 0.6 is 0 Å². The minimum absolute atomic E-state index is 0.0262. The molecule has 0 heterocycles. The molecule has 202 valence electrons. The molecule has 5 aromatic rings. The minimum Gasteiger partial charge on any atom is -0.457 e. The van der Waals surface area contributed by atoms with Gasteiger partial charge in [0.2, 0.25) is 0 Å². The van der Waals surface area contributed by atoms with E-state index in [2.05, 4.69) is 10.6 Å². The van der Waals surface area contributed by atoms with E-state index < -0.39 is 16.7 Å². The normalized spacial score (nSPS) is 10.3. The van der Waals surface area contributed by atoms with Crippen molar-refractivity contribution in [2.45, 2.75) is 0 Å². The fourth-order valence-electron chi connectivity index (χ4n) is 3.89. The van der Waals surface area contributed by atoms with Crippen molar-refractivity contribution in [1.82, 2.24) is 0 Å². The summed E-state index contributed by atoms with van der Waals surface area (Å²) in [6, 6.07) is 35.3. The van der Waals surface area contributed by atoms with Crippen LogP contribution in [0, 0.1) is 10.1 Å². The number of benzene rings is 5. The Kier molecular flexibility index (Phi) is 7.97. The standard InChI is InChI=1S/C32H23N3O6/c36-31(33-22-11-16-27(17-12-22)40-25-7-3-1-4-8-25)29-20-15-24(35(38)39)21-30(29)32(37)34-23-13-18-28(19-14-23)41-26-9-5-2-6-10-26/h1-21H,(H,33,36)(H,34,37). The minimum atomic E-state index is -0.679. The average Bonchev–Trinajstić information content (AvgIpc) is 3.00. The number of carbonyl (C=O) groups excluding carboxylic acids is 2. The Bertz CT molecular complexity index is 1670. The molecule has 9 heteroatoms. The van der Waals surface area contributed by atoms with Gasteiger partial charge in [0.1, 0.15) is 23.0 Å². The third kappa shape index (κ3) is 6.92. The van der Waals surface area contributed by atoms with Crippen molar-refractivity contribution in [2.24, 2.45) is 0 Å². The van der Waals surface area contributed by atoms with Gasteiger partial charge in [0, 0.05) is 23.5 Å². The third-order valence-corrected chi connectivity index (χ3v) is 5.89. The number of amides is 2. The summed E-state index contributed by atoms with van der Waals surface area (Å²) >= 11 is 0. The summed E-state index contributed by atoms with van der Waals surface area (Å²) in [4.78, 5) is 37.1. The molecule has 41 heavy (non-hydrogen) atoms. The smallest absolute Gasteiger partial charge is 0.270 e. The highest BCUT2D eigenvalue weighted by molar-refractivity contribution is 6.15. The van der Waals surface area contributed by atoms with Gasteiger partial charge in [-0.1, -0.05) is 36.4 Å². The Morgan fingerprint density at radius 3 is 1.39 bits per heavy atom. The first-order valence-electron chi connectivity index (χ1n) is 12.5. The van der Waals surface area contributed by atoms with Crippen molar-refractivity contribution in [3.8, 4) is 23.0 Å². The van der Waals surface area contributed by atoms with Gasteiger partial charge in [0.15, 0.2) is 0 Å². The van der Waals surface area contributed by atoms with E-state index in [0.717, 1.165) is 6.07 Å². The lowest BCUT2D eigenvalue weighted by molar-refractivity contribution is -0.384. The van der Waals surface area contributed by atoms with Crippen LogP contribution in [0.2, 0.25) is 0 Å². The lowest BCUT2D eigenvalue weighted by Gasteiger charge is -2.12. The molecule has 0 radical (unpaired) electrons. The van der Waals surface area contributed by atoms with Crippen molar-refractivity contribution < 1.29 is 24.0 Å². The Morgan fingerprint density at radius 2 is 0.951 bits per heavy atom. The molecule has 5 rings (SSSR count). The Balaban J connectivity index is 1.30. The van der Waals surface area contributed by atoms with Gasteiger partial charge in [-0.05, 0) is 78.9 Å². The molecule has 2 amide bonds. The molecule has 0 saturated carbocycles. The van der Waals surface area contributed by atoms with E-state index in [1.54, 1.807) is 48.5 Å². The largest absolute Gasteiger partial charge is 0.457 e. The first-order valence-corrected chi connectivity index (χ1v) is 12.5. The summed E-state index contributed by atoms with van der Waals surface area (Å²) in [5, 5.41) is 16.8. The lowest BCUT2D eigenvalue weighted by atomic mass is 10.0. The number of nitrogens with zero attached hydrogens (tertiary/aromatic N) is 1. The molecule has 0 unspecified atom stereocenters. The van der Waals surface area contributed by atoms with Gasteiger partial charge in [-0.3, -0.25) is 19.7 Å². The fourth-order valence-corrected chi connectivity index (χ4v) is 3.89. The zero-order valence-electron chi connectivity index (χ0n) is 21.5. The van der Waals surface area contributed by atoms with Crippen LogP contribution < -0.4 is 20.1 Å². The molecule has 0 aromatic heterocycles. The monoisotopic (exact) mass is 545 g/mol. The van der Waals surface area contributed by atoms with Crippen LogP contribution in [0.4, 0.5) is 17.1 Å². The topological polar surface area (TPSA) is 120 Å². The van der Waals surface area contributed by atoms with Gasteiger partial charge in [-0.25, -0.2) is 0 Å². The number of hydrogen-bond acceptors (Lipinski definition) is 6. The first-order chi connectivity index (χ1) is 19.9. The highest BCUT2D eigenvalue weighted by atomic mass is 16.6. The maximum absolute atomic E-state index is 13.2. The molecule has 2 N–H and O–H groups in total. The quantitative estimate of drug-likeness (QED) is 0.145. The van der Waals surface area contributed by atoms with Crippen molar-refractivity contribution in [3.63, 3.8) is 0 Å². The second-order valence-corrected chi connectivity index (χ2v) is 8.77. The highest BCUT2D eigenvalue weighted by Gasteiger charge is 2.21. The second kappa shape index (κ2) is 12.3. The van der Waals surface area contributed by atoms with Crippen LogP contribution in [0.5, 0.6) is 23.0 Å². The summed E-state index contributed by atoms with van der Waals surface area (Å²) in [5.74, 6) is 1.18. The molecule has 0 spiro atoms. The number of ether oxygens (including phenoxy) is 2. The number of para-hydroxylation sites is 2. The predicted octanol–water partition coefficient (Wildman–Crippen LogP) is 7.68. The number of hydrogen-bond donors (Lipinski definition) is 2. The molecule has 0 aliphatic carbocycles. The predicted molar refractivity (Wildman–Crippen MR) is 155 cm³/mol. The molecule has 0 aliphatic rings.